The molecule has 0 saturated carbocycles. The molecule has 17 heavy (non-hydrogen) atoms. The van der Waals surface area contributed by atoms with Crippen LogP contribution in [0, 0.1) is 28.6 Å². The molecule has 1 aromatic rings. The van der Waals surface area contributed by atoms with Crippen molar-refractivity contribution >= 4 is 11.8 Å². The Kier molecular flexibility index (Phi) is 3.66. The molecule has 0 amide bonds. The monoisotopic (exact) mass is 243 g/mol. The molecular weight excluding hydrogens is 230 g/mol. The average Bonchev–Trinajstić information content (AvgIpc) is 2.35. The molecule has 1 aliphatic rings. The molecule has 1 aromatic heterocycles. The van der Waals surface area contributed by atoms with Crippen molar-refractivity contribution in [2.24, 2.45) is 5.92 Å². The summed E-state index contributed by atoms with van der Waals surface area (Å²) in [5.41, 5.74) is 2.93. The zero-order valence-corrected chi connectivity index (χ0v) is 10.5. The minimum atomic E-state index is 0.344. The summed E-state index contributed by atoms with van der Waals surface area (Å²) in [6, 6.07) is 6.20. The van der Waals surface area contributed by atoms with E-state index in [-0.39, 0.29) is 0 Å². The first-order chi connectivity index (χ1) is 8.24. The van der Waals surface area contributed by atoms with Gasteiger partial charge in [0.2, 0.25) is 0 Å². The SMILES string of the molecule is C[C@H]1CCc2nc(SCC#N)c(C#N)cc2C1. The molecule has 1 aliphatic carbocycles. The van der Waals surface area contributed by atoms with Gasteiger partial charge in [0.15, 0.2) is 0 Å². The van der Waals surface area contributed by atoms with E-state index >= 15 is 0 Å². The Bertz CT molecular complexity index is 511. The van der Waals surface area contributed by atoms with Crippen molar-refractivity contribution in [2.75, 3.05) is 5.75 Å². The van der Waals surface area contributed by atoms with Crippen LogP contribution in [0.15, 0.2) is 11.1 Å². The standard InChI is InChI=1S/C13H13N3S/c1-9-2-3-12-10(6-9)7-11(8-15)13(16-12)17-5-4-14/h7,9H,2-3,5-6H2,1H3/t9-/m0/s1. The fourth-order valence-electron chi connectivity index (χ4n) is 2.12. The number of nitrogens with zero attached hydrogens (tertiary/aromatic N) is 3. The Morgan fingerprint density at radius 3 is 3.06 bits per heavy atom. The number of hydrogen-bond acceptors (Lipinski definition) is 4. The van der Waals surface area contributed by atoms with Crippen LogP contribution in [-0.4, -0.2) is 10.7 Å². The zero-order valence-electron chi connectivity index (χ0n) is 9.73. The van der Waals surface area contributed by atoms with Crippen LogP contribution in [0.25, 0.3) is 0 Å². The van der Waals surface area contributed by atoms with E-state index in [1.54, 1.807) is 0 Å². The number of fused-ring (bicyclic) bond motifs is 1. The summed E-state index contributed by atoms with van der Waals surface area (Å²) in [6.07, 6.45) is 3.16. The van der Waals surface area contributed by atoms with Crippen LogP contribution in [0.5, 0.6) is 0 Å². The average molecular weight is 243 g/mol. The minimum Gasteiger partial charge on any atom is -0.245 e. The number of aromatic nitrogens is 1. The summed E-state index contributed by atoms with van der Waals surface area (Å²) in [6.45, 7) is 2.23. The van der Waals surface area contributed by atoms with Crippen LogP contribution in [0.4, 0.5) is 0 Å². The van der Waals surface area contributed by atoms with E-state index in [1.807, 2.05) is 6.07 Å². The van der Waals surface area contributed by atoms with Crippen molar-refractivity contribution < 1.29 is 0 Å². The first-order valence-electron chi connectivity index (χ1n) is 5.67. The van der Waals surface area contributed by atoms with Crippen molar-refractivity contribution in [1.29, 1.82) is 10.5 Å². The largest absolute Gasteiger partial charge is 0.245 e. The van der Waals surface area contributed by atoms with E-state index in [2.05, 4.69) is 24.0 Å². The van der Waals surface area contributed by atoms with Crippen LogP contribution in [0.2, 0.25) is 0 Å². The second kappa shape index (κ2) is 5.21. The van der Waals surface area contributed by atoms with Crippen LogP contribution >= 0.6 is 11.8 Å². The fourth-order valence-corrected chi connectivity index (χ4v) is 2.75. The molecule has 1 heterocycles. The quantitative estimate of drug-likeness (QED) is 0.749. The van der Waals surface area contributed by atoms with Gasteiger partial charge in [0, 0.05) is 5.69 Å². The highest BCUT2D eigenvalue weighted by atomic mass is 32.2. The van der Waals surface area contributed by atoms with Gasteiger partial charge in [0.05, 0.1) is 17.4 Å². The van der Waals surface area contributed by atoms with Gasteiger partial charge in [-0.3, -0.25) is 0 Å². The Balaban J connectivity index is 2.36. The van der Waals surface area contributed by atoms with E-state index < -0.39 is 0 Å². The molecule has 86 valence electrons. The Morgan fingerprint density at radius 1 is 1.53 bits per heavy atom. The Hall–Kier alpha value is -1.52. The molecular formula is C13H13N3S. The summed E-state index contributed by atoms with van der Waals surface area (Å²) >= 11 is 1.35. The molecule has 0 saturated heterocycles. The second-order valence-corrected chi connectivity index (χ2v) is 5.32. The number of rotatable bonds is 2. The maximum Gasteiger partial charge on any atom is 0.115 e. The van der Waals surface area contributed by atoms with Crippen molar-refractivity contribution in [3.63, 3.8) is 0 Å². The van der Waals surface area contributed by atoms with Gasteiger partial charge in [-0.05, 0) is 36.8 Å². The zero-order chi connectivity index (χ0) is 12.3. The van der Waals surface area contributed by atoms with Crippen molar-refractivity contribution in [2.45, 2.75) is 31.2 Å². The highest BCUT2D eigenvalue weighted by Crippen LogP contribution is 2.29. The van der Waals surface area contributed by atoms with E-state index in [0.717, 1.165) is 25.0 Å². The maximum absolute atomic E-state index is 9.10. The first-order valence-corrected chi connectivity index (χ1v) is 6.65. The van der Waals surface area contributed by atoms with Gasteiger partial charge in [0.1, 0.15) is 11.1 Å². The number of nitriles is 2. The molecule has 0 aliphatic heterocycles. The lowest BCUT2D eigenvalue weighted by Gasteiger charge is -2.21. The van der Waals surface area contributed by atoms with Gasteiger partial charge < -0.3 is 0 Å². The van der Waals surface area contributed by atoms with E-state index in [0.29, 0.717) is 22.3 Å². The summed E-state index contributed by atoms with van der Waals surface area (Å²) in [7, 11) is 0. The lowest BCUT2D eigenvalue weighted by molar-refractivity contribution is 0.491. The third-order valence-electron chi connectivity index (χ3n) is 2.99. The van der Waals surface area contributed by atoms with Gasteiger partial charge in [-0.25, -0.2) is 4.98 Å². The maximum atomic E-state index is 9.10. The highest BCUT2D eigenvalue weighted by molar-refractivity contribution is 7.99. The topological polar surface area (TPSA) is 60.5 Å². The third kappa shape index (κ3) is 2.60. The van der Waals surface area contributed by atoms with E-state index in [1.165, 1.54) is 17.3 Å². The van der Waals surface area contributed by atoms with Gasteiger partial charge in [-0.15, -0.1) is 0 Å². The van der Waals surface area contributed by atoms with Gasteiger partial charge in [-0.1, -0.05) is 18.7 Å². The molecule has 0 unspecified atom stereocenters. The molecule has 0 N–H and O–H groups in total. The van der Waals surface area contributed by atoms with Gasteiger partial charge in [-0.2, -0.15) is 10.5 Å². The molecule has 0 radical (unpaired) electrons. The molecule has 0 fully saturated rings. The number of aryl methyl sites for hydroxylation is 1. The normalized spacial score (nSPS) is 17.9. The third-order valence-corrected chi connectivity index (χ3v) is 3.85. The van der Waals surface area contributed by atoms with Crippen molar-refractivity contribution in [3.05, 3.63) is 22.9 Å². The van der Waals surface area contributed by atoms with Crippen LogP contribution in [-0.2, 0) is 12.8 Å². The molecule has 0 aromatic carbocycles. The lowest BCUT2D eigenvalue weighted by Crippen LogP contribution is -2.14. The van der Waals surface area contributed by atoms with Gasteiger partial charge in [0.25, 0.3) is 0 Å². The van der Waals surface area contributed by atoms with Crippen molar-refractivity contribution in [1.82, 2.24) is 4.98 Å². The summed E-state index contributed by atoms with van der Waals surface area (Å²) in [4.78, 5) is 4.55. The summed E-state index contributed by atoms with van der Waals surface area (Å²) in [5, 5.41) is 18.4. The lowest BCUT2D eigenvalue weighted by atomic mass is 9.87. The Labute approximate surface area is 105 Å². The summed E-state index contributed by atoms with van der Waals surface area (Å²) < 4.78 is 0. The number of thioether (sulfide) groups is 1. The molecule has 0 spiro atoms. The molecule has 0 bridgehead atoms. The fraction of sp³-hybridized carbons (Fsp3) is 0.462. The molecule has 3 nitrogen and oxygen atoms in total. The van der Waals surface area contributed by atoms with Crippen LogP contribution in [0.3, 0.4) is 0 Å². The van der Waals surface area contributed by atoms with Crippen LogP contribution < -0.4 is 0 Å². The minimum absolute atomic E-state index is 0.344. The highest BCUT2D eigenvalue weighted by Gasteiger charge is 2.19. The summed E-state index contributed by atoms with van der Waals surface area (Å²) in [5.74, 6) is 1.02. The predicted molar refractivity (Wildman–Crippen MR) is 66.5 cm³/mol. The smallest absolute Gasteiger partial charge is 0.115 e. The van der Waals surface area contributed by atoms with E-state index in [4.69, 9.17) is 10.5 Å². The predicted octanol–water partition coefficient (Wildman–Crippen LogP) is 2.69. The Morgan fingerprint density at radius 2 is 2.35 bits per heavy atom. The van der Waals surface area contributed by atoms with E-state index in [9.17, 15) is 0 Å². The number of hydrogen-bond donors (Lipinski definition) is 0. The molecule has 2 rings (SSSR count). The second-order valence-electron chi connectivity index (χ2n) is 4.35. The van der Waals surface area contributed by atoms with Crippen LogP contribution in [0.1, 0.15) is 30.2 Å². The molecule has 4 heteroatoms. The number of pyridine rings is 1. The first kappa shape index (κ1) is 12.0. The van der Waals surface area contributed by atoms with Crippen molar-refractivity contribution in [3.8, 4) is 12.1 Å². The molecule has 1 atom stereocenters. The van der Waals surface area contributed by atoms with Gasteiger partial charge >= 0.3 is 0 Å².